The van der Waals surface area contributed by atoms with Gasteiger partial charge in [0.25, 0.3) is 15.6 Å². The van der Waals surface area contributed by atoms with E-state index >= 15 is 0 Å². The van der Waals surface area contributed by atoms with Crippen LogP contribution in [0.3, 0.4) is 0 Å². The number of aromatic hydroxyl groups is 1. The van der Waals surface area contributed by atoms with Gasteiger partial charge in [0.1, 0.15) is 10.0 Å². The van der Waals surface area contributed by atoms with Gasteiger partial charge in [0.05, 0.1) is 10.0 Å². The van der Waals surface area contributed by atoms with E-state index in [1.165, 1.54) is 30.3 Å². The van der Waals surface area contributed by atoms with Crippen LogP contribution in [0.15, 0.2) is 69.7 Å². The predicted molar refractivity (Wildman–Crippen MR) is 120 cm³/mol. The van der Waals surface area contributed by atoms with Gasteiger partial charge in [-0.05, 0) is 41.8 Å². The zero-order chi connectivity index (χ0) is 23.0. The van der Waals surface area contributed by atoms with E-state index in [1.807, 2.05) is 0 Å². The summed E-state index contributed by atoms with van der Waals surface area (Å²) in [5.41, 5.74) is -0.971. The summed E-state index contributed by atoms with van der Waals surface area (Å²) in [5.74, 6) is -1.37. The number of anilines is 1. The SMILES string of the molecule is O=C(Nc1ccc(-n2c(O)c3ccccc3cc2=O)c(F)c1)NS(=O)(=O)c1ccc(Cl)s1. The van der Waals surface area contributed by atoms with E-state index < -0.39 is 33.3 Å². The van der Waals surface area contributed by atoms with Crippen molar-refractivity contribution in [3.05, 3.63) is 81.2 Å². The molecule has 0 atom stereocenters. The van der Waals surface area contributed by atoms with Crippen LogP contribution in [0.1, 0.15) is 0 Å². The van der Waals surface area contributed by atoms with Crippen LogP contribution in [0.4, 0.5) is 14.9 Å². The number of benzene rings is 2. The van der Waals surface area contributed by atoms with E-state index in [4.69, 9.17) is 11.6 Å². The van der Waals surface area contributed by atoms with Crippen molar-refractivity contribution in [3.8, 4) is 11.6 Å². The Morgan fingerprint density at radius 3 is 2.53 bits per heavy atom. The Hall–Kier alpha value is -3.41. The molecule has 2 aromatic carbocycles. The first kappa shape index (κ1) is 21.8. The Bertz CT molecular complexity index is 1530. The van der Waals surface area contributed by atoms with Gasteiger partial charge in [-0.3, -0.25) is 4.79 Å². The van der Waals surface area contributed by atoms with E-state index in [0.717, 1.165) is 22.0 Å². The standard InChI is InChI=1S/C20H13ClFN3O5S2/c21-16-7-8-18(31-16)32(29,30)24-20(28)23-12-5-6-15(14(22)10-12)25-17(26)9-11-3-1-2-4-13(11)19(25)27/h1-10,27H,(H2,23,24,28). The van der Waals surface area contributed by atoms with E-state index in [9.17, 15) is 27.5 Å². The van der Waals surface area contributed by atoms with Crippen LogP contribution >= 0.6 is 22.9 Å². The molecule has 0 bridgehead atoms. The van der Waals surface area contributed by atoms with E-state index in [2.05, 4.69) is 5.32 Å². The molecule has 4 rings (SSSR count). The van der Waals surface area contributed by atoms with Crippen LogP contribution < -0.4 is 15.6 Å². The number of hydrogen-bond donors (Lipinski definition) is 3. The summed E-state index contributed by atoms with van der Waals surface area (Å²) >= 11 is 6.48. The van der Waals surface area contributed by atoms with Crippen LogP contribution in [0, 0.1) is 5.82 Å². The van der Waals surface area contributed by atoms with Gasteiger partial charge in [-0.15, -0.1) is 11.3 Å². The molecule has 0 saturated heterocycles. The molecular formula is C20H13ClFN3O5S2. The fourth-order valence-electron chi connectivity index (χ4n) is 3.02. The van der Waals surface area contributed by atoms with Crippen molar-refractivity contribution in [2.24, 2.45) is 0 Å². The third-order valence-electron chi connectivity index (χ3n) is 4.40. The smallest absolute Gasteiger partial charge is 0.333 e. The molecule has 0 fully saturated rings. The Morgan fingerprint density at radius 2 is 1.84 bits per heavy atom. The van der Waals surface area contributed by atoms with E-state index in [1.54, 1.807) is 29.0 Å². The number of halogens is 2. The molecule has 2 amide bonds. The number of hydrogen-bond acceptors (Lipinski definition) is 6. The molecule has 2 aromatic heterocycles. The minimum atomic E-state index is -4.15. The van der Waals surface area contributed by atoms with Crippen molar-refractivity contribution in [1.82, 2.24) is 9.29 Å². The van der Waals surface area contributed by atoms with Crippen molar-refractivity contribution < 1.29 is 22.7 Å². The summed E-state index contributed by atoms with van der Waals surface area (Å²) in [5, 5.41) is 13.6. The molecule has 0 aliphatic heterocycles. The summed E-state index contributed by atoms with van der Waals surface area (Å²) in [4.78, 5) is 24.5. The largest absolute Gasteiger partial charge is 0.494 e. The number of nitrogens with zero attached hydrogens (tertiary/aromatic N) is 1. The summed E-state index contributed by atoms with van der Waals surface area (Å²) in [6.07, 6.45) is 0. The highest BCUT2D eigenvalue weighted by atomic mass is 35.5. The Morgan fingerprint density at radius 1 is 1.09 bits per heavy atom. The first-order chi connectivity index (χ1) is 15.2. The van der Waals surface area contributed by atoms with Gasteiger partial charge in [-0.2, -0.15) is 0 Å². The Kier molecular flexibility index (Phi) is 5.63. The highest BCUT2D eigenvalue weighted by Gasteiger charge is 2.20. The fraction of sp³-hybridized carbons (Fsp3) is 0. The number of sulfonamides is 1. The third kappa shape index (κ3) is 4.17. The summed E-state index contributed by atoms with van der Waals surface area (Å²) in [7, 11) is -4.15. The van der Waals surface area contributed by atoms with Crippen molar-refractivity contribution in [2.45, 2.75) is 4.21 Å². The number of nitrogens with one attached hydrogen (secondary N) is 2. The van der Waals surface area contributed by atoms with Gasteiger partial charge in [-0.25, -0.2) is 26.9 Å². The Labute approximate surface area is 189 Å². The molecule has 0 spiro atoms. The number of aromatic nitrogens is 1. The maximum atomic E-state index is 14.8. The second kappa shape index (κ2) is 8.26. The highest BCUT2D eigenvalue weighted by Crippen LogP contribution is 2.28. The molecule has 2 heterocycles. The van der Waals surface area contributed by atoms with Gasteiger partial charge in [0, 0.05) is 17.1 Å². The monoisotopic (exact) mass is 493 g/mol. The third-order valence-corrected chi connectivity index (χ3v) is 7.45. The minimum absolute atomic E-state index is 0.0727. The first-order valence-corrected chi connectivity index (χ1v) is 11.6. The molecule has 0 aliphatic carbocycles. The Balaban J connectivity index is 1.60. The first-order valence-electron chi connectivity index (χ1n) is 8.88. The number of urea groups is 1. The molecule has 0 radical (unpaired) electrons. The van der Waals surface area contributed by atoms with Crippen molar-refractivity contribution in [1.29, 1.82) is 0 Å². The van der Waals surface area contributed by atoms with E-state index in [0.29, 0.717) is 10.8 Å². The molecule has 12 heteroatoms. The molecule has 32 heavy (non-hydrogen) atoms. The molecule has 0 aliphatic rings. The number of fused-ring (bicyclic) bond motifs is 1. The summed E-state index contributed by atoms with van der Waals surface area (Å²) in [6, 6.07) is 12.7. The maximum absolute atomic E-state index is 14.8. The van der Waals surface area contributed by atoms with Crippen LogP contribution in [0.2, 0.25) is 4.34 Å². The van der Waals surface area contributed by atoms with Crippen LogP contribution in [0.25, 0.3) is 16.5 Å². The molecular weight excluding hydrogens is 481 g/mol. The molecule has 0 unspecified atom stereocenters. The lowest BCUT2D eigenvalue weighted by atomic mass is 10.1. The molecule has 8 nitrogen and oxygen atoms in total. The van der Waals surface area contributed by atoms with E-state index in [-0.39, 0.29) is 19.9 Å². The van der Waals surface area contributed by atoms with Crippen molar-refractivity contribution in [3.63, 3.8) is 0 Å². The molecule has 164 valence electrons. The zero-order valence-electron chi connectivity index (χ0n) is 15.9. The number of pyridine rings is 1. The lowest BCUT2D eigenvalue weighted by Crippen LogP contribution is -2.34. The van der Waals surface area contributed by atoms with Gasteiger partial charge in [-0.1, -0.05) is 29.8 Å². The predicted octanol–water partition coefficient (Wildman–Crippen LogP) is 4.06. The number of amides is 2. The average Bonchev–Trinajstić information content (AvgIpc) is 3.16. The van der Waals surface area contributed by atoms with Gasteiger partial charge in [0.15, 0.2) is 0 Å². The van der Waals surface area contributed by atoms with Gasteiger partial charge < -0.3 is 10.4 Å². The lowest BCUT2D eigenvalue weighted by Gasteiger charge is -2.13. The number of carbonyl (C=O) groups excluding carboxylic acids is 1. The maximum Gasteiger partial charge on any atom is 0.333 e. The zero-order valence-corrected chi connectivity index (χ0v) is 18.3. The van der Waals surface area contributed by atoms with Crippen LogP contribution in [0.5, 0.6) is 5.88 Å². The normalized spacial score (nSPS) is 11.4. The van der Waals surface area contributed by atoms with Crippen LogP contribution in [-0.2, 0) is 10.0 Å². The van der Waals surface area contributed by atoms with Gasteiger partial charge >= 0.3 is 6.03 Å². The highest BCUT2D eigenvalue weighted by molar-refractivity contribution is 7.92. The second-order valence-electron chi connectivity index (χ2n) is 6.51. The van der Waals surface area contributed by atoms with Crippen molar-refractivity contribution >= 4 is 55.5 Å². The molecule has 4 aromatic rings. The van der Waals surface area contributed by atoms with Crippen molar-refractivity contribution in [2.75, 3.05) is 5.32 Å². The average molecular weight is 494 g/mol. The summed E-state index contributed by atoms with van der Waals surface area (Å²) in [6.45, 7) is 0. The minimum Gasteiger partial charge on any atom is -0.494 e. The quantitative estimate of drug-likeness (QED) is 0.396. The van der Waals surface area contributed by atoms with Gasteiger partial charge in [0.2, 0.25) is 5.88 Å². The molecule has 0 saturated carbocycles. The topological polar surface area (TPSA) is 118 Å². The summed E-state index contributed by atoms with van der Waals surface area (Å²) < 4.78 is 41.8. The van der Waals surface area contributed by atoms with Crippen LogP contribution in [-0.4, -0.2) is 24.1 Å². The number of rotatable bonds is 4. The number of thiophene rings is 1. The number of carbonyl (C=O) groups is 1. The lowest BCUT2D eigenvalue weighted by molar-refractivity contribution is 0.256. The second-order valence-corrected chi connectivity index (χ2v) is 10.1. The molecule has 3 N–H and O–H groups in total. The fourth-order valence-corrected chi connectivity index (χ4v) is 5.41.